The number of fused-ring (bicyclic) bond motifs is 1. The summed E-state index contributed by atoms with van der Waals surface area (Å²) in [4.78, 5) is 0. The maximum absolute atomic E-state index is 15.0. The number of hydrogen-bond donors (Lipinski definition) is 0. The molecule has 0 aromatic heterocycles. The molecule has 0 heterocycles. The van der Waals surface area contributed by atoms with E-state index in [1.54, 1.807) is 6.08 Å². The minimum absolute atomic E-state index is 0.201. The van der Waals surface area contributed by atoms with Crippen LogP contribution in [-0.4, -0.2) is 18.6 Å². The van der Waals surface area contributed by atoms with E-state index in [4.69, 9.17) is 4.43 Å². The molecule has 34 heavy (non-hydrogen) atoms. The first-order chi connectivity index (χ1) is 16.0. The average molecular weight is 504 g/mol. The highest BCUT2D eigenvalue weighted by atomic mass is 28.4. The third-order valence-electron chi connectivity index (χ3n) is 9.07. The lowest BCUT2D eigenvalue weighted by molar-refractivity contribution is 0.298. The molecule has 0 amide bonds. The molecule has 1 nitrogen and oxygen atoms in total. The Bertz CT molecular complexity index is 799. The number of hydrogen-bond acceptors (Lipinski definition) is 1. The van der Waals surface area contributed by atoms with Crippen LogP contribution in [0.25, 0.3) is 6.08 Å². The summed E-state index contributed by atoms with van der Waals surface area (Å²) in [6, 6.07) is 7.22. The average Bonchev–Trinajstić information content (AvgIpc) is 3.19. The molecule has 193 valence electrons. The lowest BCUT2D eigenvalue weighted by atomic mass is 9.89. The third-order valence-corrected chi connectivity index (χ3v) is 18.4. The second-order valence-electron chi connectivity index (χ2n) is 11.9. The van der Waals surface area contributed by atoms with E-state index in [1.165, 1.54) is 48.8 Å². The molecular weight excluding hydrogens is 451 g/mol. The first-order valence-corrected chi connectivity index (χ1v) is 17.4. The van der Waals surface area contributed by atoms with Gasteiger partial charge in [0, 0.05) is 15.8 Å². The molecule has 4 heteroatoms. The van der Waals surface area contributed by atoms with Gasteiger partial charge in [0.1, 0.15) is 5.75 Å². The van der Waals surface area contributed by atoms with Gasteiger partial charge < -0.3 is 4.43 Å². The number of allylic oxidation sites excluding steroid dienone is 1. The standard InChI is InChI=1S/C30H52FOSi2/c1-9-13-14-15-21-29(7,8)22-34(23(5)6,30(11-3,12-4)27(33)10-2)32-26-18-16-17-24-19-20-25(31)28(24)26/h16-19,23,25,27H,9-15,21-22H2,1-8,33H3. The Hall–Kier alpha value is -0.876. The van der Waals surface area contributed by atoms with Crippen molar-refractivity contribution in [1.82, 2.24) is 0 Å². The number of rotatable bonds is 15. The lowest BCUT2D eigenvalue weighted by Gasteiger charge is -2.56. The first-order valence-electron chi connectivity index (χ1n) is 14.1. The van der Waals surface area contributed by atoms with Gasteiger partial charge >= 0.3 is 0 Å². The van der Waals surface area contributed by atoms with Gasteiger partial charge in [0.05, 0.1) is 0 Å². The summed E-state index contributed by atoms with van der Waals surface area (Å²) in [5, 5.41) is 0.201. The van der Waals surface area contributed by atoms with Gasteiger partial charge in [0.15, 0.2) is 6.17 Å². The van der Waals surface area contributed by atoms with Gasteiger partial charge in [0.2, 0.25) is 0 Å². The predicted molar refractivity (Wildman–Crippen MR) is 154 cm³/mol. The minimum Gasteiger partial charge on any atom is -0.542 e. The maximum atomic E-state index is 15.0. The Kier molecular flexibility index (Phi) is 10.7. The largest absolute Gasteiger partial charge is 0.542 e. The van der Waals surface area contributed by atoms with Crippen LogP contribution < -0.4 is 4.43 Å². The molecule has 0 bridgehead atoms. The van der Waals surface area contributed by atoms with Gasteiger partial charge in [-0.2, -0.15) is 0 Å². The van der Waals surface area contributed by atoms with Gasteiger partial charge in [-0.3, -0.25) is 0 Å². The van der Waals surface area contributed by atoms with Crippen molar-refractivity contribution >= 4 is 24.6 Å². The van der Waals surface area contributed by atoms with E-state index in [2.05, 4.69) is 61.5 Å². The van der Waals surface area contributed by atoms with Crippen LogP contribution in [0.15, 0.2) is 18.2 Å². The van der Waals surface area contributed by atoms with E-state index >= 15 is 4.39 Å². The number of benzene rings is 1. The molecule has 1 aliphatic carbocycles. The highest BCUT2D eigenvalue weighted by Gasteiger charge is 2.60. The molecule has 0 N–H and O–H groups in total. The molecular formula is C30H52FOSi2. The summed E-state index contributed by atoms with van der Waals surface area (Å²) in [5.74, 6) is 0.796. The van der Waals surface area contributed by atoms with Gasteiger partial charge in [-0.05, 0) is 70.6 Å². The van der Waals surface area contributed by atoms with Crippen LogP contribution in [0, 0.1) is 11.5 Å². The maximum Gasteiger partial charge on any atom is 0.260 e. The molecule has 0 fully saturated rings. The summed E-state index contributed by atoms with van der Waals surface area (Å²) >= 11 is 0. The molecule has 2 rings (SSSR count). The van der Waals surface area contributed by atoms with Crippen molar-refractivity contribution in [2.75, 3.05) is 0 Å². The summed E-state index contributed by atoms with van der Waals surface area (Å²) in [6.07, 6.45) is 13.5. The Morgan fingerprint density at radius 3 is 2.32 bits per heavy atom. The minimum atomic E-state index is -2.43. The second-order valence-corrected chi connectivity index (χ2v) is 17.8. The molecule has 1 aromatic carbocycles. The molecule has 0 saturated carbocycles. The smallest absolute Gasteiger partial charge is 0.260 e. The lowest BCUT2D eigenvalue weighted by Crippen LogP contribution is -2.59. The van der Waals surface area contributed by atoms with E-state index in [9.17, 15) is 0 Å². The highest BCUT2D eigenvalue weighted by Crippen LogP contribution is 2.62. The normalized spacial score (nSPS) is 18.8. The number of unbranched alkanes of at least 4 members (excludes halogenated alkanes) is 3. The van der Waals surface area contributed by atoms with Gasteiger partial charge in [0.25, 0.3) is 8.32 Å². The van der Waals surface area contributed by atoms with Crippen LogP contribution in [-0.2, 0) is 0 Å². The molecule has 3 atom stereocenters. The van der Waals surface area contributed by atoms with Crippen molar-refractivity contribution in [1.29, 1.82) is 0 Å². The van der Waals surface area contributed by atoms with Crippen LogP contribution in [0.1, 0.15) is 124 Å². The van der Waals surface area contributed by atoms with Crippen LogP contribution in [0.4, 0.5) is 4.39 Å². The summed E-state index contributed by atoms with van der Waals surface area (Å²) in [7, 11) is -1.25. The van der Waals surface area contributed by atoms with Crippen LogP contribution in [0.5, 0.6) is 5.75 Å². The van der Waals surface area contributed by atoms with Crippen LogP contribution in [0.2, 0.25) is 22.2 Å². The van der Waals surface area contributed by atoms with Gasteiger partial charge in [-0.15, -0.1) is 0 Å². The van der Waals surface area contributed by atoms with E-state index < -0.39 is 14.5 Å². The number of halogens is 1. The van der Waals surface area contributed by atoms with Crippen molar-refractivity contribution < 1.29 is 8.82 Å². The summed E-state index contributed by atoms with van der Waals surface area (Å²) in [5.41, 5.74) is 3.02. The van der Waals surface area contributed by atoms with Crippen LogP contribution in [0.3, 0.4) is 0 Å². The SMILES string of the molecule is CCCCCCC(C)(C)C[Si](Oc1cccc2c1C(F)[C]=C2)(C(C)C)C(CC)(CC)C([SiH3])CC. The van der Waals surface area contributed by atoms with Gasteiger partial charge in [-0.1, -0.05) is 99.6 Å². The van der Waals surface area contributed by atoms with Crippen molar-refractivity contribution in [2.45, 2.75) is 135 Å². The Labute approximate surface area is 214 Å². The van der Waals surface area contributed by atoms with Gasteiger partial charge in [-0.25, -0.2) is 4.39 Å². The van der Waals surface area contributed by atoms with Crippen molar-refractivity contribution in [2.24, 2.45) is 5.41 Å². The zero-order valence-electron chi connectivity index (χ0n) is 23.7. The fourth-order valence-electron chi connectivity index (χ4n) is 6.88. The van der Waals surface area contributed by atoms with E-state index in [-0.39, 0.29) is 10.5 Å². The fourth-order valence-corrected chi connectivity index (χ4v) is 16.0. The quantitative estimate of drug-likeness (QED) is 0.171. The molecule has 1 aromatic rings. The van der Waals surface area contributed by atoms with Crippen molar-refractivity contribution in [3.8, 4) is 5.75 Å². The Morgan fingerprint density at radius 2 is 1.76 bits per heavy atom. The first kappa shape index (κ1) is 29.4. The molecule has 0 aliphatic heterocycles. The third kappa shape index (κ3) is 5.91. The molecule has 1 aliphatic rings. The second kappa shape index (κ2) is 12.4. The molecule has 3 unspecified atom stereocenters. The van der Waals surface area contributed by atoms with Crippen molar-refractivity contribution in [3.05, 3.63) is 35.4 Å². The fraction of sp³-hybridized carbons (Fsp3) is 0.733. The van der Waals surface area contributed by atoms with Crippen molar-refractivity contribution in [3.63, 3.8) is 0 Å². The van der Waals surface area contributed by atoms with Crippen LogP contribution >= 0.6 is 0 Å². The highest BCUT2D eigenvalue weighted by molar-refractivity contribution is 6.79. The predicted octanol–water partition coefficient (Wildman–Crippen LogP) is 9.38. The Balaban J connectivity index is 2.63. The Morgan fingerprint density at radius 1 is 1.09 bits per heavy atom. The molecule has 1 radical (unpaired) electrons. The van der Waals surface area contributed by atoms with E-state index in [0.29, 0.717) is 16.6 Å². The summed E-state index contributed by atoms with van der Waals surface area (Å²) in [6.45, 7) is 19.2. The molecule has 0 spiro atoms. The van der Waals surface area contributed by atoms with E-state index in [1.807, 2.05) is 18.2 Å². The van der Waals surface area contributed by atoms with E-state index in [0.717, 1.165) is 30.2 Å². The monoisotopic (exact) mass is 503 g/mol. The topological polar surface area (TPSA) is 9.23 Å². The molecule has 0 saturated heterocycles. The summed E-state index contributed by atoms with van der Waals surface area (Å²) < 4.78 is 22.5. The number of alkyl halides is 1. The zero-order chi connectivity index (χ0) is 25.6. The zero-order valence-corrected chi connectivity index (χ0v) is 26.7.